The number of nitrogens with two attached hydrogens (primary N) is 1. The third-order valence-corrected chi connectivity index (χ3v) is 3.97. The SMILES string of the molecule is Nc1ncnc(NCC2(O)CCCCC2)c1Br. The van der Waals surface area contributed by atoms with Crippen LogP contribution < -0.4 is 11.1 Å². The normalized spacial score (nSPS) is 18.9. The molecule has 5 nitrogen and oxygen atoms in total. The van der Waals surface area contributed by atoms with Crippen molar-refractivity contribution in [1.82, 2.24) is 9.97 Å². The number of hydrogen-bond donors (Lipinski definition) is 3. The molecule has 17 heavy (non-hydrogen) atoms. The van der Waals surface area contributed by atoms with E-state index in [-0.39, 0.29) is 0 Å². The predicted molar refractivity (Wildman–Crippen MR) is 70.7 cm³/mol. The lowest BCUT2D eigenvalue weighted by Gasteiger charge is -2.32. The molecule has 1 aliphatic rings. The second-order valence-electron chi connectivity index (χ2n) is 4.56. The molecule has 0 amide bonds. The van der Waals surface area contributed by atoms with Crippen LogP contribution in [0, 0.1) is 0 Å². The summed E-state index contributed by atoms with van der Waals surface area (Å²) < 4.78 is 0.652. The van der Waals surface area contributed by atoms with Gasteiger partial charge in [0.05, 0.1) is 5.60 Å². The van der Waals surface area contributed by atoms with Gasteiger partial charge in [0.25, 0.3) is 0 Å². The van der Waals surface area contributed by atoms with Gasteiger partial charge in [-0.3, -0.25) is 0 Å². The third-order valence-electron chi connectivity index (χ3n) is 3.19. The molecule has 0 saturated heterocycles. The van der Waals surface area contributed by atoms with Crippen molar-refractivity contribution in [3.63, 3.8) is 0 Å². The minimum absolute atomic E-state index is 0.401. The van der Waals surface area contributed by atoms with Crippen LogP contribution in [0.1, 0.15) is 32.1 Å². The van der Waals surface area contributed by atoms with Crippen LogP contribution in [0.4, 0.5) is 11.6 Å². The lowest BCUT2D eigenvalue weighted by molar-refractivity contribution is 0.0166. The molecule has 0 unspecified atom stereocenters. The Balaban J connectivity index is 1.99. The Morgan fingerprint density at radius 3 is 2.76 bits per heavy atom. The average molecular weight is 301 g/mol. The van der Waals surface area contributed by atoms with Crippen molar-refractivity contribution < 1.29 is 5.11 Å². The summed E-state index contributed by atoms with van der Waals surface area (Å²) in [5.41, 5.74) is 5.05. The molecule has 6 heteroatoms. The summed E-state index contributed by atoms with van der Waals surface area (Å²) in [7, 11) is 0. The molecule has 1 heterocycles. The highest BCUT2D eigenvalue weighted by Gasteiger charge is 2.29. The number of anilines is 2. The second-order valence-corrected chi connectivity index (χ2v) is 5.35. The largest absolute Gasteiger partial charge is 0.388 e. The number of nitrogens with one attached hydrogen (secondary N) is 1. The molecule has 1 aliphatic carbocycles. The third kappa shape index (κ3) is 3.07. The number of aromatic nitrogens is 2. The maximum Gasteiger partial charge on any atom is 0.146 e. The fourth-order valence-electron chi connectivity index (χ4n) is 2.14. The number of halogens is 1. The standard InChI is InChI=1S/C11H17BrN4O/c12-8-9(13)15-7-16-10(8)14-6-11(17)4-2-1-3-5-11/h7,17H,1-6H2,(H3,13,14,15,16). The molecule has 1 aromatic heterocycles. The number of nitrogen functional groups attached to an aromatic ring is 1. The van der Waals surface area contributed by atoms with Gasteiger partial charge in [-0.15, -0.1) is 0 Å². The van der Waals surface area contributed by atoms with Crippen LogP contribution >= 0.6 is 15.9 Å². The number of rotatable bonds is 3. The molecule has 0 spiro atoms. The minimum Gasteiger partial charge on any atom is -0.388 e. The van der Waals surface area contributed by atoms with Crippen LogP contribution in [0.3, 0.4) is 0 Å². The average Bonchev–Trinajstić information content (AvgIpc) is 2.32. The molecule has 1 aromatic rings. The summed E-state index contributed by atoms with van der Waals surface area (Å²) in [4.78, 5) is 7.96. The van der Waals surface area contributed by atoms with E-state index in [0.717, 1.165) is 25.7 Å². The maximum atomic E-state index is 10.3. The molecular formula is C11H17BrN4O. The van der Waals surface area contributed by atoms with E-state index in [0.29, 0.717) is 22.7 Å². The van der Waals surface area contributed by atoms with Crippen LogP contribution in [-0.4, -0.2) is 27.2 Å². The minimum atomic E-state index is -0.614. The van der Waals surface area contributed by atoms with Crippen LogP contribution in [0.25, 0.3) is 0 Å². The lowest BCUT2D eigenvalue weighted by Crippen LogP contribution is -2.39. The molecule has 0 radical (unpaired) electrons. The summed E-state index contributed by atoms with van der Waals surface area (Å²) in [6.07, 6.45) is 6.49. The van der Waals surface area contributed by atoms with Crippen LogP contribution in [0.2, 0.25) is 0 Å². The van der Waals surface area contributed by atoms with Crippen molar-refractivity contribution in [3.8, 4) is 0 Å². The number of nitrogens with zero attached hydrogens (tertiary/aromatic N) is 2. The summed E-state index contributed by atoms with van der Waals surface area (Å²) >= 11 is 3.33. The molecule has 4 N–H and O–H groups in total. The molecule has 0 aromatic carbocycles. The first-order chi connectivity index (χ1) is 8.11. The van der Waals surface area contributed by atoms with Crippen LogP contribution in [0.5, 0.6) is 0 Å². The summed E-state index contributed by atoms with van der Waals surface area (Å²) in [5.74, 6) is 1.04. The quantitative estimate of drug-likeness (QED) is 0.794. The van der Waals surface area contributed by atoms with Gasteiger partial charge in [-0.05, 0) is 28.8 Å². The summed E-state index contributed by atoms with van der Waals surface area (Å²) in [6, 6.07) is 0. The Hall–Kier alpha value is -0.880. The van der Waals surface area contributed by atoms with Crippen molar-refractivity contribution >= 4 is 27.6 Å². The zero-order valence-electron chi connectivity index (χ0n) is 9.62. The van der Waals surface area contributed by atoms with Gasteiger partial charge in [0.2, 0.25) is 0 Å². The van der Waals surface area contributed by atoms with Crippen molar-refractivity contribution in [2.24, 2.45) is 0 Å². The first kappa shape index (κ1) is 12.6. The van der Waals surface area contributed by atoms with E-state index in [9.17, 15) is 5.11 Å². The van der Waals surface area contributed by atoms with E-state index in [1.807, 2.05) is 0 Å². The maximum absolute atomic E-state index is 10.3. The van der Waals surface area contributed by atoms with E-state index in [1.165, 1.54) is 12.7 Å². The van der Waals surface area contributed by atoms with Crippen molar-refractivity contribution in [3.05, 3.63) is 10.8 Å². The predicted octanol–water partition coefficient (Wildman–Crippen LogP) is 1.93. The van der Waals surface area contributed by atoms with Gasteiger partial charge in [-0.2, -0.15) is 0 Å². The summed E-state index contributed by atoms with van der Waals surface area (Å²) in [5, 5.41) is 13.5. The zero-order valence-corrected chi connectivity index (χ0v) is 11.2. The highest BCUT2D eigenvalue weighted by atomic mass is 79.9. The topological polar surface area (TPSA) is 84.1 Å². The monoisotopic (exact) mass is 300 g/mol. The van der Waals surface area contributed by atoms with E-state index in [4.69, 9.17) is 5.73 Å². The Labute approximate surface area is 109 Å². The molecule has 0 bridgehead atoms. The Bertz CT molecular complexity index is 393. The molecule has 0 atom stereocenters. The number of hydrogen-bond acceptors (Lipinski definition) is 5. The Kier molecular flexibility index (Phi) is 3.83. The van der Waals surface area contributed by atoms with Crippen molar-refractivity contribution in [2.45, 2.75) is 37.7 Å². The first-order valence-electron chi connectivity index (χ1n) is 5.83. The molecule has 2 rings (SSSR count). The van der Waals surface area contributed by atoms with Gasteiger partial charge in [-0.1, -0.05) is 19.3 Å². The van der Waals surface area contributed by atoms with E-state index in [1.54, 1.807) is 0 Å². The highest BCUT2D eigenvalue weighted by molar-refractivity contribution is 9.10. The molecule has 1 fully saturated rings. The van der Waals surface area contributed by atoms with E-state index < -0.39 is 5.60 Å². The first-order valence-corrected chi connectivity index (χ1v) is 6.62. The summed E-state index contributed by atoms with van der Waals surface area (Å²) in [6.45, 7) is 0.502. The Morgan fingerprint density at radius 2 is 2.06 bits per heavy atom. The number of aliphatic hydroxyl groups is 1. The van der Waals surface area contributed by atoms with Crippen LogP contribution in [0.15, 0.2) is 10.8 Å². The van der Waals surface area contributed by atoms with Gasteiger partial charge >= 0.3 is 0 Å². The molecule has 1 saturated carbocycles. The lowest BCUT2D eigenvalue weighted by atomic mass is 9.85. The van der Waals surface area contributed by atoms with Gasteiger partial charge in [0, 0.05) is 6.54 Å². The van der Waals surface area contributed by atoms with Crippen molar-refractivity contribution in [1.29, 1.82) is 0 Å². The van der Waals surface area contributed by atoms with Crippen LogP contribution in [-0.2, 0) is 0 Å². The van der Waals surface area contributed by atoms with Crippen molar-refractivity contribution in [2.75, 3.05) is 17.6 Å². The fraction of sp³-hybridized carbons (Fsp3) is 0.636. The smallest absolute Gasteiger partial charge is 0.146 e. The van der Waals surface area contributed by atoms with Gasteiger partial charge in [0.1, 0.15) is 22.4 Å². The van der Waals surface area contributed by atoms with Gasteiger partial charge in [-0.25, -0.2) is 9.97 Å². The molecule has 94 valence electrons. The van der Waals surface area contributed by atoms with E-state index >= 15 is 0 Å². The Morgan fingerprint density at radius 1 is 1.35 bits per heavy atom. The van der Waals surface area contributed by atoms with Gasteiger partial charge < -0.3 is 16.2 Å². The molecular weight excluding hydrogens is 284 g/mol. The van der Waals surface area contributed by atoms with Gasteiger partial charge in [0.15, 0.2) is 0 Å². The second kappa shape index (κ2) is 5.18. The fourth-order valence-corrected chi connectivity index (χ4v) is 2.49. The highest BCUT2D eigenvalue weighted by Crippen LogP contribution is 2.29. The molecule has 0 aliphatic heterocycles. The van der Waals surface area contributed by atoms with E-state index in [2.05, 4.69) is 31.2 Å². The zero-order chi connectivity index (χ0) is 12.3.